The fraction of sp³-hybridized carbons (Fsp3) is 0.381. The molecule has 1 aromatic heterocycles. The molecule has 0 bridgehead atoms. The van der Waals surface area contributed by atoms with Crippen molar-refractivity contribution in [1.82, 2.24) is 9.55 Å². The Bertz CT molecular complexity index is 870. The van der Waals surface area contributed by atoms with Gasteiger partial charge in [0.2, 0.25) is 5.95 Å². The number of anilines is 1. The number of imidazole rings is 1. The number of nitrogens with zero attached hydrogens (tertiary/aromatic N) is 3. The van der Waals surface area contributed by atoms with Crippen LogP contribution in [0.25, 0.3) is 11.0 Å². The van der Waals surface area contributed by atoms with Gasteiger partial charge in [0.05, 0.1) is 17.6 Å². The monoisotopic (exact) mass is 335 g/mol. The molecule has 0 radical (unpaired) electrons. The fourth-order valence-electron chi connectivity index (χ4n) is 3.81. The summed E-state index contributed by atoms with van der Waals surface area (Å²) in [7, 11) is 0. The van der Waals surface area contributed by atoms with E-state index < -0.39 is 0 Å². The highest BCUT2D eigenvalue weighted by molar-refractivity contribution is 5.79. The smallest absolute Gasteiger partial charge is 0.206 e. The lowest BCUT2D eigenvalue weighted by Gasteiger charge is -2.33. The van der Waals surface area contributed by atoms with E-state index in [0.29, 0.717) is 5.92 Å². The van der Waals surface area contributed by atoms with E-state index in [9.17, 15) is 5.11 Å². The van der Waals surface area contributed by atoms with Gasteiger partial charge in [-0.25, -0.2) is 4.98 Å². The first-order valence-electron chi connectivity index (χ1n) is 9.12. The number of aliphatic hydroxyl groups is 1. The van der Waals surface area contributed by atoms with E-state index in [1.807, 2.05) is 6.07 Å². The van der Waals surface area contributed by atoms with Crippen molar-refractivity contribution >= 4 is 17.0 Å². The van der Waals surface area contributed by atoms with Gasteiger partial charge in [-0.1, -0.05) is 36.4 Å². The zero-order valence-electron chi connectivity index (χ0n) is 14.7. The largest absolute Gasteiger partial charge is 0.396 e. The summed E-state index contributed by atoms with van der Waals surface area (Å²) >= 11 is 0. The third kappa shape index (κ3) is 3.14. The molecule has 1 aliphatic rings. The highest BCUT2D eigenvalue weighted by atomic mass is 16.3. The van der Waals surface area contributed by atoms with Crippen LogP contribution in [0.1, 0.15) is 24.0 Å². The first kappa shape index (κ1) is 16.2. The number of benzene rings is 2. The number of para-hydroxylation sites is 2. The highest BCUT2D eigenvalue weighted by Crippen LogP contribution is 2.28. The van der Waals surface area contributed by atoms with Gasteiger partial charge in [0.15, 0.2) is 0 Å². The van der Waals surface area contributed by atoms with Crippen LogP contribution in [-0.2, 0) is 6.54 Å². The van der Waals surface area contributed by atoms with E-state index in [1.165, 1.54) is 16.6 Å². The molecule has 3 aromatic rings. The minimum absolute atomic E-state index is 0.258. The van der Waals surface area contributed by atoms with E-state index in [-0.39, 0.29) is 6.61 Å². The van der Waals surface area contributed by atoms with Crippen molar-refractivity contribution in [3.8, 4) is 0 Å². The SMILES string of the molecule is Cc1ccccc1Cn1c(N2CCCC(CO)C2)nc2ccccc21. The van der Waals surface area contributed by atoms with Gasteiger partial charge in [-0.05, 0) is 48.9 Å². The molecule has 4 nitrogen and oxygen atoms in total. The summed E-state index contributed by atoms with van der Waals surface area (Å²) in [4.78, 5) is 7.29. The predicted molar refractivity (Wildman–Crippen MR) is 102 cm³/mol. The maximum atomic E-state index is 9.58. The van der Waals surface area contributed by atoms with Crippen LogP contribution < -0.4 is 4.90 Å². The van der Waals surface area contributed by atoms with Crippen LogP contribution in [0.4, 0.5) is 5.95 Å². The minimum Gasteiger partial charge on any atom is -0.396 e. The summed E-state index contributed by atoms with van der Waals surface area (Å²) in [6.45, 7) is 5.13. The van der Waals surface area contributed by atoms with Crippen molar-refractivity contribution in [2.75, 3.05) is 24.6 Å². The van der Waals surface area contributed by atoms with E-state index in [1.54, 1.807) is 0 Å². The second-order valence-corrected chi connectivity index (χ2v) is 7.05. The van der Waals surface area contributed by atoms with Gasteiger partial charge >= 0.3 is 0 Å². The number of rotatable bonds is 4. The molecule has 130 valence electrons. The summed E-state index contributed by atoms with van der Waals surface area (Å²) < 4.78 is 2.33. The van der Waals surface area contributed by atoms with Crippen LogP contribution in [0.15, 0.2) is 48.5 Å². The van der Waals surface area contributed by atoms with Crippen LogP contribution >= 0.6 is 0 Å². The Hall–Kier alpha value is -2.33. The summed E-state index contributed by atoms with van der Waals surface area (Å²) in [5, 5.41) is 9.58. The number of aromatic nitrogens is 2. The maximum absolute atomic E-state index is 9.58. The number of aliphatic hydroxyl groups excluding tert-OH is 1. The predicted octanol–water partition coefficient (Wildman–Crippen LogP) is 3.60. The molecule has 0 aliphatic carbocycles. The number of fused-ring (bicyclic) bond motifs is 1. The van der Waals surface area contributed by atoms with E-state index in [2.05, 4.69) is 58.9 Å². The van der Waals surface area contributed by atoms with Gasteiger partial charge in [0.25, 0.3) is 0 Å². The Kier molecular flexibility index (Phi) is 4.45. The van der Waals surface area contributed by atoms with Crippen LogP contribution in [0.2, 0.25) is 0 Å². The Morgan fingerprint density at radius 1 is 1.12 bits per heavy atom. The molecular weight excluding hydrogens is 310 g/mol. The normalized spacial score (nSPS) is 18.0. The number of hydrogen-bond acceptors (Lipinski definition) is 3. The van der Waals surface area contributed by atoms with Crippen molar-refractivity contribution in [3.63, 3.8) is 0 Å². The molecule has 2 aromatic carbocycles. The molecule has 1 saturated heterocycles. The Labute approximate surface area is 148 Å². The van der Waals surface area contributed by atoms with E-state index in [0.717, 1.165) is 43.9 Å². The Morgan fingerprint density at radius 3 is 2.76 bits per heavy atom. The molecule has 4 rings (SSSR count). The fourth-order valence-corrected chi connectivity index (χ4v) is 3.81. The standard InChI is InChI=1S/C21H25N3O/c1-16-7-2-3-9-18(16)14-24-20-11-5-4-10-19(20)22-21(24)23-12-6-8-17(13-23)15-25/h2-5,7,9-11,17,25H,6,8,12-15H2,1H3. The average molecular weight is 335 g/mol. The average Bonchev–Trinajstić information content (AvgIpc) is 3.02. The van der Waals surface area contributed by atoms with Gasteiger partial charge in [0, 0.05) is 19.7 Å². The summed E-state index contributed by atoms with van der Waals surface area (Å²) in [6, 6.07) is 16.9. The van der Waals surface area contributed by atoms with Gasteiger partial charge in [-0.3, -0.25) is 0 Å². The number of piperidine rings is 1. The lowest BCUT2D eigenvalue weighted by atomic mass is 9.99. The zero-order chi connectivity index (χ0) is 17.2. The third-order valence-corrected chi connectivity index (χ3v) is 5.28. The Morgan fingerprint density at radius 2 is 1.92 bits per heavy atom. The van der Waals surface area contributed by atoms with Crippen molar-refractivity contribution in [1.29, 1.82) is 0 Å². The molecule has 0 saturated carbocycles. The minimum atomic E-state index is 0.258. The Balaban J connectivity index is 1.77. The van der Waals surface area contributed by atoms with E-state index in [4.69, 9.17) is 4.98 Å². The van der Waals surface area contributed by atoms with Crippen molar-refractivity contribution in [2.45, 2.75) is 26.3 Å². The highest BCUT2D eigenvalue weighted by Gasteiger charge is 2.24. The number of hydrogen-bond donors (Lipinski definition) is 1. The van der Waals surface area contributed by atoms with Gasteiger partial charge in [-0.15, -0.1) is 0 Å². The molecular formula is C21H25N3O. The number of aryl methyl sites for hydroxylation is 1. The first-order chi connectivity index (χ1) is 12.3. The molecule has 0 amide bonds. The zero-order valence-corrected chi connectivity index (χ0v) is 14.7. The second-order valence-electron chi connectivity index (χ2n) is 7.05. The lowest BCUT2D eigenvalue weighted by molar-refractivity contribution is 0.208. The molecule has 25 heavy (non-hydrogen) atoms. The second kappa shape index (κ2) is 6.89. The molecule has 1 atom stereocenters. The van der Waals surface area contributed by atoms with Crippen molar-refractivity contribution in [3.05, 3.63) is 59.7 Å². The van der Waals surface area contributed by atoms with Crippen molar-refractivity contribution in [2.24, 2.45) is 5.92 Å². The topological polar surface area (TPSA) is 41.3 Å². The van der Waals surface area contributed by atoms with Crippen molar-refractivity contribution < 1.29 is 5.11 Å². The van der Waals surface area contributed by atoms with Gasteiger partial charge in [0.1, 0.15) is 0 Å². The first-order valence-corrected chi connectivity index (χ1v) is 9.12. The van der Waals surface area contributed by atoms with Gasteiger partial charge < -0.3 is 14.6 Å². The summed E-state index contributed by atoms with van der Waals surface area (Å²) in [5.74, 6) is 1.38. The quantitative estimate of drug-likeness (QED) is 0.792. The molecule has 1 N–H and O–H groups in total. The van der Waals surface area contributed by atoms with Crippen LogP contribution in [0.5, 0.6) is 0 Å². The molecule has 1 aliphatic heterocycles. The third-order valence-electron chi connectivity index (χ3n) is 5.28. The molecule has 4 heteroatoms. The van der Waals surface area contributed by atoms with Crippen LogP contribution in [-0.4, -0.2) is 34.4 Å². The summed E-state index contributed by atoms with van der Waals surface area (Å²) in [5.41, 5.74) is 4.84. The maximum Gasteiger partial charge on any atom is 0.206 e. The lowest BCUT2D eigenvalue weighted by Crippen LogP contribution is -2.38. The van der Waals surface area contributed by atoms with Gasteiger partial charge in [-0.2, -0.15) is 0 Å². The van der Waals surface area contributed by atoms with Crippen LogP contribution in [0, 0.1) is 12.8 Å². The van der Waals surface area contributed by atoms with E-state index >= 15 is 0 Å². The summed E-state index contributed by atoms with van der Waals surface area (Å²) in [6.07, 6.45) is 2.21. The van der Waals surface area contributed by atoms with Crippen LogP contribution in [0.3, 0.4) is 0 Å². The molecule has 2 heterocycles. The molecule has 0 spiro atoms. The molecule has 1 unspecified atom stereocenters. The molecule has 1 fully saturated rings.